The third-order valence-electron chi connectivity index (χ3n) is 3.54. The highest BCUT2D eigenvalue weighted by atomic mass is 16.5. The second-order valence-corrected chi connectivity index (χ2v) is 5.11. The SMILES string of the molecule is COC(=O)C(C)CN(C)C(=O)C1CC1c1ccco1. The summed E-state index contributed by atoms with van der Waals surface area (Å²) in [6.07, 6.45) is 2.45. The summed E-state index contributed by atoms with van der Waals surface area (Å²) in [5.74, 6) is 0.516. The van der Waals surface area contributed by atoms with E-state index in [0.29, 0.717) is 6.54 Å². The van der Waals surface area contributed by atoms with Crippen LogP contribution in [0.5, 0.6) is 0 Å². The van der Waals surface area contributed by atoms with Crippen LogP contribution in [-0.2, 0) is 14.3 Å². The Morgan fingerprint density at radius 1 is 1.58 bits per heavy atom. The minimum atomic E-state index is -0.306. The lowest BCUT2D eigenvalue weighted by atomic mass is 10.1. The number of amides is 1. The Morgan fingerprint density at radius 2 is 2.32 bits per heavy atom. The molecule has 0 N–H and O–H groups in total. The van der Waals surface area contributed by atoms with Gasteiger partial charge >= 0.3 is 5.97 Å². The maximum Gasteiger partial charge on any atom is 0.310 e. The van der Waals surface area contributed by atoms with Crippen LogP contribution < -0.4 is 0 Å². The molecule has 1 aliphatic carbocycles. The summed E-state index contributed by atoms with van der Waals surface area (Å²) in [7, 11) is 3.08. The first-order valence-corrected chi connectivity index (χ1v) is 6.40. The second-order valence-electron chi connectivity index (χ2n) is 5.11. The monoisotopic (exact) mass is 265 g/mol. The molecule has 0 radical (unpaired) electrons. The average Bonchev–Trinajstić information content (AvgIpc) is 3.02. The molecule has 3 atom stereocenters. The quantitative estimate of drug-likeness (QED) is 0.759. The lowest BCUT2D eigenvalue weighted by Crippen LogP contribution is -2.35. The molecule has 1 saturated carbocycles. The van der Waals surface area contributed by atoms with Crippen molar-refractivity contribution in [3.8, 4) is 0 Å². The van der Waals surface area contributed by atoms with Crippen LogP contribution in [0.1, 0.15) is 25.0 Å². The number of carbonyl (C=O) groups excluding carboxylic acids is 2. The molecule has 1 fully saturated rings. The van der Waals surface area contributed by atoms with E-state index in [4.69, 9.17) is 4.42 Å². The molecule has 3 unspecified atom stereocenters. The number of ether oxygens (including phenoxy) is 1. The van der Waals surface area contributed by atoms with Gasteiger partial charge in [0.15, 0.2) is 0 Å². The summed E-state index contributed by atoms with van der Waals surface area (Å²) < 4.78 is 9.97. The topological polar surface area (TPSA) is 59.8 Å². The number of hydrogen-bond acceptors (Lipinski definition) is 4. The van der Waals surface area contributed by atoms with E-state index in [9.17, 15) is 9.59 Å². The fraction of sp³-hybridized carbons (Fsp3) is 0.571. The highest BCUT2D eigenvalue weighted by molar-refractivity contribution is 5.83. The predicted octanol–water partition coefficient (Wildman–Crippen LogP) is 1.65. The van der Waals surface area contributed by atoms with Crippen LogP contribution in [0, 0.1) is 11.8 Å². The minimum absolute atomic E-state index is 0.0130. The highest BCUT2D eigenvalue weighted by Crippen LogP contribution is 2.48. The third-order valence-corrected chi connectivity index (χ3v) is 3.54. The maximum absolute atomic E-state index is 12.2. The molecule has 1 amide bonds. The van der Waals surface area contributed by atoms with Gasteiger partial charge in [0.25, 0.3) is 0 Å². The molecule has 2 rings (SSSR count). The summed E-state index contributed by atoms with van der Waals surface area (Å²) in [5, 5.41) is 0. The normalized spacial score (nSPS) is 22.7. The number of esters is 1. The summed E-state index contributed by atoms with van der Waals surface area (Å²) in [4.78, 5) is 25.1. The number of hydrogen-bond donors (Lipinski definition) is 0. The van der Waals surface area contributed by atoms with Gasteiger partial charge in [-0.3, -0.25) is 9.59 Å². The van der Waals surface area contributed by atoms with Crippen molar-refractivity contribution in [1.29, 1.82) is 0 Å². The van der Waals surface area contributed by atoms with E-state index in [1.54, 1.807) is 25.1 Å². The summed E-state index contributed by atoms with van der Waals surface area (Å²) in [6, 6.07) is 3.73. The van der Waals surface area contributed by atoms with Crippen LogP contribution in [0.3, 0.4) is 0 Å². The Balaban J connectivity index is 1.86. The van der Waals surface area contributed by atoms with E-state index in [-0.39, 0.29) is 29.6 Å². The van der Waals surface area contributed by atoms with Crippen LogP contribution in [-0.4, -0.2) is 37.5 Å². The third kappa shape index (κ3) is 2.97. The van der Waals surface area contributed by atoms with Crippen LogP contribution in [0.2, 0.25) is 0 Å². The van der Waals surface area contributed by atoms with Crippen LogP contribution in [0.15, 0.2) is 22.8 Å². The van der Waals surface area contributed by atoms with Gasteiger partial charge in [-0.2, -0.15) is 0 Å². The molecule has 1 aromatic rings. The minimum Gasteiger partial charge on any atom is -0.469 e. The first-order chi connectivity index (χ1) is 9.04. The van der Waals surface area contributed by atoms with Crippen molar-refractivity contribution in [1.82, 2.24) is 4.90 Å². The zero-order chi connectivity index (χ0) is 14.0. The number of carbonyl (C=O) groups is 2. The Bertz CT molecular complexity index is 454. The van der Waals surface area contributed by atoms with Crippen LogP contribution in [0.4, 0.5) is 0 Å². The summed E-state index contributed by atoms with van der Waals surface area (Å²) in [5.41, 5.74) is 0. The second kappa shape index (κ2) is 5.47. The highest BCUT2D eigenvalue weighted by Gasteiger charge is 2.47. The molecule has 1 aliphatic rings. The Morgan fingerprint density at radius 3 is 2.89 bits per heavy atom. The standard InChI is InChI=1S/C14H19NO4/c1-9(14(17)18-3)8-15(2)13(16)11-7-10(11)12-5-4-6-19-12/h4-6,9-11H,7-8H2,1-3H3. The van der Waals surface area contributed by atoms with Gasteiger partial charge in [0.05, 0.1) is 19.3 Å². The Kier molecular flexibility index (Phi) is 3.93. The van der Waals surface area contributed by atoms with Crippen LogP contribution in [0.25, 0.3) is 0 Å². The van der Waals surface area contributed by atoms with Crippen molar-refractivity contribution in [2.45, 2.75) is 19.3 Å². The average molecular weight is 265 g/mol. The van der Waals surface area contributed by atoms with E-state index in [1.807, 2.05) is 12.1 Å². The van der Waals surface area contributed by atoms with Gasteiger partial charge in [-0.25, -0.2) is 0 Å². The van der Waals surface area contributed by atoms with Crippen molar-refractivity contribution in [2.75, 3.05) is 20.7 Å². The van der Waals surface area contributed by atoms with Crippen LogP contribution >= 0.6 is 0 Å². The Labute approximate surface area is 112 Å². The Hall–Kier alpha value is -1.78. The molecule has 1 heterocycles. The molecule has 0 aliphatic heterocycles. The fourth-order valence-electron chi connectivity index (χ4n) is 2.34. The van der Waals surface area contributed by atoms with Gasteiger partial charge in [-0.05, 0) is 18.6 Å². The molecule has 1 aromatic heterocycles. The largest absolute Gasteiger partial charge is 0.469 e. The lowest BCUT2D eigenvalue weighted by Gasteiger charge is -2.20. The molecule has 0 bridgehead atoms. The van der Waals surface area contributed by atoms with Crippen molar-refractivity contribution < 1.29 is 18.7 Å². The van der Waals surface area contributed by atoms with Gasteiger partial charge in [0, 0.05) is 25.4 Å². The summed E-state index contributed by atoms with van der Waals surface area (Å²) >= 11 is 0. The molecular formula is C14H19NO4. The smallest absolute Gasteiger partial charge is 0.310 e. The number of rotatable bonds is 5. The fourth-order valence-corrected chi connectivity index (χ4v) is 2.34. The van der Waals surface area contributed by atoms with Gasteiger partial charge < -0.3 is 14.1 Å². The first-order valence-electron chi connectivity index (χ1n) is 6.40. The molecule has 0 saturated heterocycles. The molecular weight excluding hydrogens is 246 g/mol. The molecule has 0 spiro atoms. The van der Waals surface area contributed by atoms with Crippen molar-refractivity contribution in [3.63, 3.8) is 0 Å². The number of nitrogens with zero attached hydrogens (tertiary/aromatic N) is 1. The maximum atomic E-state index is 12.2. The van der Waals surface area contributed by atoms with Crippen molar-refractivity contribution in [2.24, 2.45) is 11.8 Å². The van der Waals surface area contributed by atoms with Gasteiger partial charge in [0.2, 0.25) is 5.91 Å². The zero-order valence-corrected chi connectivity index (χ0v) is 11.5. The van der Waals surface area contributed by atoms with E-state index in [0.717, 1.165) is 12.2 Å². The van der Waals surface area contributed by atoms with E-state index < -0.39 is 0 Å². The van der Waals surface area contributed by atoms with Crippen molar-refractivity contribution in [3.05, 3.63) is 24.2 Å². The van der Waals surface area contributed by atoms with E-state index in [2.05, 4.69) is 4.74 Å². The molecule has 0 aromatic carbocycles. The lowest BCUT2D eigenvalue weighted by molar-refractivity contribution is -0.146. The first kappa shape index (κ1) is 13.6. The molecule has 5 nitrogen and oxygen atoms in total. The molecule has 104 valence electrons. The summed E-state index contributed by atoms with van der Waals surface area (Å²) in [6.45, 7) is 2.14. The van der Waals surface area contributed by atoms with Crippen molar-refractivity contribution >= 4 is 11.9 Å². The van der Waals surface area contributed by atoms with E-state index in [1.165, 1.54) is 7.11 Å². The van der Waals surface area contributed by atoms with Gasteiger partial charge in [-0.1, -0.05) is 6.92 Å². The number of methoxy groups -OCH3 is 1. The molecule has 19 heavy (non-hydrogen) atoms. The van der Waals surface area contributed by atoms with E-state index >= 15 is 0 Å². The predicted molar refractivity (Wildman–Crippen MR) is 68.4 cm³/mol. The van der Waals surface area contributed by atoms with Gasteiger partial charge in [-0.15, -0.1) is 0 Å². The van der Waals surface area contributed by atoms with Gasteiger partial charge in [0.1, 0.15) is 5.76 Å². The molecule has 5 heteroatoms. The number of furan rings is 1. The zero-order valence-electron chi connectivity index (χ0n) is 11.5.